The van der Waals surface area contributed by atoms with E-state index in [9.17, 15) is 4.79 Å². The van der Waals surface area contributed by atoms with Crippen LogP contribution in [0, 0.1) is 6.92 Å². The van der Waals surface area contributed by atoms with Gasteiger partial charge in [0.1, 0.15) is 6.29 Å². The summed E-state index contributed by atoms with van der Waals surface area (Å²) in [6, 6.07) is 5.58. The minimum atomic E-state index is 0.446. The van der Waals surface area contributed by atoms with Crippen molar-refractivity contribution in [1.82, 2.24) is 24.8 Å². The second kappa shape index (κ2) is 6.96. The van der Waals surface area contributed by atoms with Gasteiger partial charge in [0.2, 0.25) is 0 Å². The number of nitrogens with two attached hydrogens (primary N) is 1. The van der Waals surface area contributed by atoms with Gasteiger partial charge in [-0.05, 0) is 51.8 Å². The molecule has 0 saturated heterocycles. The lowest BCUT2D eigenvalue weighted by Gasteiger charge is -2.06. The Bertz CT molecular complexity index is 902. The highest BCUT2D eigenvalue weighted by atomic mass is 79.9. The molecule has 0 atom stereocenters. The van der Waals surface area contributed by atoms with Crippen molar-refractivity contribution in [2.75, 3.05) is 6.54 Å². The van der Waals surface area contributed by atoms with Gasteiger partial charge in [0.25, 0.3) is 5.95 Å². The van der Waals surface area contributed by atoms with Gasteiger partial charge in [0.15, 0.2) is 0 Å². The van der Waals surface area contributed by atoms with Gasteiger partial charge in [-0.15, -0.1) is 5.10 Å². The topological polar surface area (TPSA) is 91.6 Å². The van der Waals surface area contributed by atoms with E-state index in [-0.39, 0.29) is 0 Å². The molecular formula is C15H14Br2N6O. The van der Waals surface area contributed by atoms with Crippen molar-refractivity contribution >= 4 is 38.1 Å². The quantitative estimate of drug-likeness (QED) is 0.599. The molecule has 7 nitrogen and oxygen atoms in total. The lowest BCUT2D eigenvalue weighted by molar-refractivity contribution is 0.112. The molecule has 0 radical (unpaired) electrons. The third-order valence-corrected chi connectivity index (χ3v) is 4.60. The smallest absolute Gasteiger partial charge is 0.274 e. The lowest BCUT2D eigenvalue weighted by atomic mass is 10.0. The number of nitrogens with zero attached hydrogens (tertiary/aromatic N) is 5. The molecule has 3 rings (SSSR count). The number of halogens is 2. The van der Waals surface area contributed by atoms with Crippen LogP contribution in [0.25, 0.3) is 17.1 Å². The summed E-state index contributed by atoms with van der Waals surface area (Å²) in [6.45, 7) is 2.92. The van der Waals surface area contributed by atoms with Crippen molar-refractivity contribution in [3.63, 3.8) is 0 Å². The molecule has 0 amide bonds. The van der Waals surface area contributed by atoms with Crippen LogP contribution in [0.4, 0.5) is 0 Å². The number of aldehydes is 1. The molecule has 9 heteroatoms. The molecule has 0 spiro atoms. The zero-order valence-electron chi connectivity index (χ0n) is 12.8. The van der Waals surface area contributed by atoms with Crippen LogP contribution in [0.15, 0.2) is 33.3 Å². The molecule has 2 heterocycles. The molecule has 0 saturated carbocycles. The van der Waals surface area contributed by atoms with Crippen LogP contribution in [0.5, 0.6) is 0 Å². The fraction of sp³-hybridized carbons (Fsp3) is 0.200. The number of hydrogen-bond acceptors (Lipinski definition) is 5. The van der Waals surface area contributed by atoms with E-state index in [1.165, 1.54) is 4.80 Å². The highest BCUT2D eigenvalue weighted by Crippen LogP contribution is 2.35. The molecular weight excluding hydrogens is 440 g/mol. The van der Waals surface area contributed by atoms with E-state index in [1.54, 1.807) is 6.07 Å². The predicted octanol–water partition coefficient (Wildman–Crippen LogP) is 2.74. The van der Waals surface area contributed by atoms with E-state index >= 15 is 0 Å². The van der Waals surface area contributed by atoms with Gasteiger partial charge in [-0.25, -0.2) is 0 Å². The lowest BCUT2D eigenvalue weighted by Crippen LogP contribution is -2.12. The molecule has 0 aliphatic heterocycles. The molecule has 24 heavy (non-hydrogen) atoms. The van der Waals surface area contributed by atoms with E-state index in [0.29, 0.717) is 24.6 Å². The zero-order valence-corrected chi connectivity index (χ0v) is 16.0. The standard InChI is InChI=1S/C15H14Br2N6O/c1-9-14(11-4-10(8-24)5-12(16)6-11)13(17)7-22(9)15-19-21-23(20-15)3-2-18/h4-8H,2-3,18H2,1H3. The Kier molecular flexibility index (Phi) is 4.93. The summed E-state index contributed by atoms with van der Waals surface area (Å²) in [7, 11) is 0. The summed E-state index contributed by atoms with van der Waals surface area (Å²) in [5.74, 6) is 0.471. The molecule has 0 fully saturated rings. The van der Waals surface area contributed by atoms with Crippen molar-refractivity contribution in [2.45, 2.75) is 13.5 Å². The van der Waals surface area contributed by atoms with Crippen LogP contribution < -0.4 is 5.73 Å². The number of carbonyl (C=O) groups excluding carboxylic acids is 1. The summed E-state index contributed by atoms with van der Waals surface area (Å²) in [6.07, 6.45) is 2.71. The third kappa shape index (κ3) is 3.19. The second-order valence-corrected chi connectivity index (χ2v) is 6.94. The van der Waals surface area contributed by atoms with E-state index in [4.69, 9.17) is 5.73 Å². The number of hydrogen-bond donors (Lipinski definition) is 1. The Hall–Kier alpha value is -1.84. The average molecular weight is 454 g/mol. The maximum atomic E-state index is 11.1. The zero-order chi connectivity index (χ0) is 17.3. The van der Waals surface area contributed by atoms with Crippen LogP contribution >= 0.6 is 31.9 Å². The molecule has 2 aromatic heterocycles. The Balaban J connectivity index is 2.09. The first-order valence-corrected chi connectivity index (χ1v) is 8.74. The molecule has 0 unspecified atom stereocenters. The number of rotatable bonds is 5. The normalized spacial score (nSPS) is 11.0. The summed E-state index contributed by atoms with van der Waals surface area (Å²) in [4.78, 5) is 12.6. The number of aromatic nitrogens is 5. The average Bonchev–Trinajstić information content (AvgIpc) is 3.11. The third-order valence-electron chi connectivity index (χ3n) is 3.54. The van der Waals surface area contributed by atoms with E-state index < -0.39 is 0 Å². The van der Waals surface area contributed by atoms with Crippen LogP contribution in [0.1, 0.15) is 16.1 Å². The molecule has 0 bridgehead atoms. The monoisotopic (exact) mass is 452 g/mol. The van der Waals surface area contributed by atoms with Gasteiger partial charge in [-0.3, -0.25) is 9.36 Å². The Morgan fingerprint density at radius 2 is 2.08 bits per heavy atom. The van der Waals surface area contributed by atoms with E-state index in [0.717, 1.165) is 32.1 Å². The highest BCUT2D eigenvalue weighted by Gasteiger charge is 2.17. The van der Waals surface area contributed by atoms with Crippen LogP contribution in [-0.2, 0) is 6.54 Å². The van der Waals surface area contributed by atoms with Crippen LogP contribution in [0.3, 0.4) is 0 Å². The van der Waals surface area contributed by atoms with Gasteiger partial charge in [0.05, 0.1) is 6.54 Å². The number of benzene rings is 1. The molecule has 2 N–H and O–H groups in total. The van der Waals surface area contributed by atoms with Crippen LogP contribution in [-0.4, -0.2) is 37.6 Å². The van der Waals surface area contributed by atoms with E-state index in [2.05, 4.69) is 47.3 Å². The summed E-state index contributed by atoms with van der Waals surface area (Å²) in [5, 5.41) is 12.4. The summed E-state index contributed by atoms with van der Waals surface area (Å²) >= 11 is 7.02. The van der Waals surface area contributed by atoms with Crippen molar-refractivity contribution < 1.29 is 4.79 Å². The molecule has 0 aliphatic carbocycles. The highest BCUT2D eigenvalue weighted by molar-refractivity contribution is 9.10. The number of carbonyl (C=O) groups is 1. The fourth-order valence-electron chi connectivity index (χ4n) is 2.49. The van der Waals surface area contributed by atoms with Gasteiger partial charge in [0, 0.05) is 38.5 Å². The summed E-state index contributed by atoms with van der Waals surface area (Å²) < 4.78 is 3.57. The van der Waals surface area contributed by atoms with Gasteiger partial charge < -0.3 is 5.73 Å². The Labute approximate surface area is 155 Å². The molecule has 1 aromatic carbocycles. The van der Waals surface area contributed by atoms with Crippen molar-refractivity contribution in [1.29, 1.82) is 0 Å². The fourth-order valence-corrected chi connectivity index (χ4v) is 3.72. The predicted molar refractivity (Wildman–Crippen MR) is 97.2 cm³/mol. The first-order valence-electron chi connectivity index (χ1n) is 7.15. The van der Waals surface area contributed by atoms with Gasteiger partial charge >= 0.3 is 0 Å². The first-order chi connectivity index (χ1) is 11.5. The molecule has 0 aliphatic rings. The second-order valence-electron chi connectivity index (χ2n) is 5.17. The van der Waals surface area contributed by atoms with Gasteiger partial charge in [-0.1, -0.05) is 21.0 Å². The van der Waals surface area contributed by atoms with Gasteiger partial charge in [-0.2, -0.15) is 4.80 Å². The maximum Gasteiger partial charge on any atom is 0.274 e. The molecule has 124 valence electrons. The van der Waals surface area contributed by atoms with E-state index in [1.807, 2.05) is 29.8 Å². The summed E-state index contributed by atoms with van der Waals surface area (Å²) in [5.41, 5.74) is 8.93. The van der Waals surface area contributed by atoms with Crippen molar-refractivity contribution in [2.24, 2.45) is 5.73 Å². The SMILES string of the molecule is Cc1c(-c2cc(Br)cc(C=O)c2)c(Br)cn1-c1nnn(CCN)n1. The Morgan fingerprint density at radius 3 is 2.79 bits per heavy atom. The minimum Gasteiger partial charge on any atom is -0.329 e. The Morgan fingerprint density at radius 1 is 1.29 bits per heavy atom. The van der Waals surface area contributed by atoms with Crippen molar-refractivity contribution in [3.05, 3.63) is 44.6 Å². The maximum absolute atomic E-state index is 11.1. The number of tetrazole rings is 1. The van der Waals surface area contributed by atoms with Crippen molar-refractivity contribution in [3.8, 4) is 17.1 Å². The first kappa shape index (κ1) is 17.0. The van der Waals surface area contributed by atoms with Crippen LogP contribution in [0.2, 0.25) is 0 Å². The minimum absolute atomic E-state index is 0.446. The largest absolute Gasteiger partial charge is 0.329 e. The molecule has 3 aromatic rings.